The normalized spacial score (nSPS) is 42.5. The molecule has 2 aliphatic rings. The van der Waals surface area contributed by atoms with Crippen LogP contribution in [0.2, 0.25) is 0 Å². The predicted molar refractivity (Wildman–Crippen MR) is 59.9 cm³/mol. The molecular formula is C14H15O3-. The lowest BCUT2D eigenvalue weighted by Crippen LogP contribution is -2.34. The fraction of sp³-hybridized carbons (Fsp3) is 0.500. The van der Waals surface area contributed by atoms with E-state index in [0.29, 0.717) is 6.42 Å². The van der Waals surface area contributed by atoms with Crippen molar-refractivity contribution >= 4 is 5.97 Å². The van der Waals surface area contributed by atoms with Crippen molar-refractivity contribution in [2.45, 2.75) is 25.4 Å². The van der Waals surface area contributed by atoms with E-state index in [0.717, 1.165) is 12.0 Å². The van der Waals surface area contributed by atoms with E-state index in [2.05, 4.69) is 0 Å². The van der Waals surface area contributed by atoms with Crippen molar-refractivity contribution in [2.75, 3.05) is 7.11 Å². The van der Waals surface area contributed by atoms with Gasteiger partial charge in [-0.1, -0.05) is 37.3 Å². The van der Waals surface area contributed by atoms with Gasteiger partial charge in [-0.3, -0.25) is 0 Å². The van der Waals surface area contributed by atoms with Crippen molar-refractivity contribution in [2.24, 2.45) is 10.8 Å². The third-order valence-electron chi connectivity index (χ3n) is 4.82. The molecule has 0 aromatic heterocycles. The van der Waals surface area contributed by atoms with Crippen LogP contribution in [0.4, 0.5) is 0 Å². The Morgan fingerprint density at radius 2 is 1.94 bits per heavy atom. The first kappa shape index (κ1) is 10.8. The zero-order valence-electron chi connectivity index (χ0n) is 10.0. The summed E-state index contributed by atoms with van der Waals surface area (Å²) in [6.45, 7) is 1.77. The molecule has 2 aliphatic carbocycles. The Kier molecular flexibility index (Phi) is 1.84. The first-order chi connectivity index (χ1) is 8.02. The smallest absolute Gasteiger partial charge is 0.100 e. The zero-order chi connectivity index (χ0) is 12.3. The summed E-state index contributed by atoms with van der Waals surface area (Å²) in [6.07, 6.45) is 1.44. The highest BCUT2D eigenvalue weighted by atomic mass is 16.5. The minimum Gasteiger partial charge on any atom is -0.550 e. The molecule has 3 nitrogen and oxygen atoms in total. The van der Waals surface area contributed by atoms with Crippen molar-refractivity contribution in [1.82, 2.24) is 0 Å². The van der Waals surface area contributed by atoms with Gasteiger partial charge in [-0.05, 0) is 18.4 Å². The topological polar surface area (TPSA) is 49.4 Å². The second kappa shape index (κ2) is 2.91. The molecule has 1 aromatic carbocycles. The van der Waals surface area contributed by atoms with Crippen LogP contribution < -0.4 is 5.11 Å². The minimum absolute atomic E-state index is 0.241. The van der Waals surface area contributed by atoms with Crippen LogP contribution in [0, 0.1) is 10.8 Å². The number of carbonyl (C=O) groups is 1. The van der Waals surface area contributed by atoms with Gasteiger partial charge in [0.05, 0.1) is 0 Å². The fourth-order valence-electron chi connectivity index (χ4n) is 3.52. The molecular weight excluding hydrogens is 216 g/mol. The van der Waals surface area contributed by atoms with Crippen LogP contribution >= 0.6 is 0 Å². The van der Waals surface area contributed by atoms with Gasteiger partial charge in [0.2, 0.25) is 0 Å². The SMILES string of the molecule is CO[C@]1(c2ccccc2)C[C@@]12C[C@@]2(C)C(=O)[O-]. The van der Waals surface area contributed by atoms with E-state index in [-0.39, 0.29) is 5.41 Å². The average Bonchev–Trinajstić information content (AvgIpc) is 3.18. The summed E-state index contributed by atoms with van der Waals surface area (Å²) in [4.78, 5) is 11.2. The number of methoxy groups -OCH3 is 1. The summed E-state index contributed by atoms with van der Waals surface area (Å²) < 4.78 is 5.67. The highest BCUT2D eigenvalue weighted by Crippen LogP contribution is 2.87. The van der Waals surface area contributed by atoms with Gasteiger partial charge in [-0.15, -0.1) is 0 Å². The van der Waals surface area contributed by atoms with Gasteiger partial charge in [-0.2, -0.15) is 0 Å². The molecule has 0 amide bonds. The lowest BCUT2D eigenvalue weighted by Gasteiger charge is -2.19. The number of ether oxygens (including phenoxy) is 1. The van der Waals surface area contributed by atoms with Crippen molar-refractivity contribution in [3.63, 3.8) is 0 Å². The van der Waals surface area contributed by atoms with Gasteiger partial charge in [-0.25, -0.2) is 0 Å². The average molecular weight is 231 g/mol. The fourth-order valence-corrected chi connectivity index (χ4v) is 3.52. The molecule has 0 N–H and O–H groups in total. The van der Waals surface area contributed by atoms with Gasteiger partial charge in [0.25, 0.3) is 0 Å². The lowest BCUT2D eigenvalue weighted by atomic mass is 9.98. The quantitative estimate of drug-likeness (QED) is 0.782. The molecule has 0 heterocycles. The standard InChI is InChI=1S/C14H16O3/c1-12(11(15)16)8-13(12)9-14(13,17-2)10-6-4-3-5-7-10/h3-7H,8-9H2,1-2H3,(H,15,16)/p-1/t12-,13+,14-/m0/s1. The molecule has 90 valence electrons. The van der Waals surface area contributed by atoms with Crippen LogP contribution in [0.25, 0.3) is 0 Å². The van der Waals surface area contributed by atoms with Gasteiger partial charge in [0.1, 0.15) is 5.60 Å². The molecule has 0 radical (unpaired) electrons. The van der Waals surface area contributed by atoms with Crippen molar-refractivity contribution in [1.29, 1.82) is 0 Å². The number of hydrogen-bond donors (Lipinski definition) is 0. The van der Waals surface area contributed by atoms with Gasteiger partial charge in [0, 0.05) is 23.9 Å². The maximum absolute atomic E-state index is 11.2. The van der Waals surface area contributed by atoms with Gasteiger partial charge >= 0.3 is 0 Å². The Bertz CT molecular complexity index is 484. The zero-order valence-corrected chi connectivity index (χ0v) is 10.0. The Hall–Kier alpha value is -1.35. The molecule has 3 atom stereocenters. The minimum atomic E-state index is -0.952. The molecule has 2 fully saturated rings. The Balaban J connectivity index is 1.99. The van der Waals surface area contributed by atoms with E-state index in [1.54, 1.807) is 14.0 Å². The first-order valence-corrected chi connectivity index (χ1v) is 5.85. The van der Waals surface area contributed by atoms with Crippen molar-refractivity contribution in [3.05, 3.63) is 35.9 Å². The molecule has 1 spiro atoms. The Labute approximate surface area is 100 Å². The maximum Gasteiger partial charge on any atom is 0.100 e. The summed E-state index contributed by atoms with van der Waals surface area (Å²) in [5.74, 6) is -0.952. The highest BCUT2D eigenvalue weighted by molar-refractivity contribution is 5.80. The Morgan fingerprint density at radius 1 is 1.29 bits per heavy atom. The van der Waals surface area contributed by atoms with Crippen LogP contribution in [-0.2, 0) is 15.1 Å². The van der Waals surface area contributed by atoms with E-state index in [9.17, 15) is 9.90 Å². The monoisotopic (exact) mass is 231 g/mol. The highest BCUT2D eigenvalue weighted by Gasteiger charge is 2.87. The number of carboxylic acids is 1. The number of benzene rings is 1. The van der Waals surface area contributed by atoms with Crippen molar-refractivity contribution < 1.29 is 14.6 Å². The molecule has 0 unspecified atom stereocenters. The third-order valence-corrected chi connectivity index (χ3v) is 4.82. The molecule has 17 heavy (non-hydrogen) atoms. The lowest BCUT2D eigenvalue weighted by molar-refractivity contribution is -0.314. The van der Waals surface area contributed by atoms with E-state index in [1.165, 1.54) is 0 Å². The molecule has 3 heteroatoms. The molecule has 2 saturated carbocycles. The molecule has 0 bridgehead atoms. The molecule has 1 aromatic rings. The predicted octanol–water partition coefficient (Wildman–Crippen LogP) is 1.08. The summed E-state index contributed by atoms with van der Waals surface area (Å²) in [7, 11) is 1.66. The second-order valence-corrected chi connectivity index (χ2v) is 5.45. The van der Waals surface area contributed by atoms with E-state index < -0.39 is 17.0 Å². The van der Waals surface area contributed by atoms with Crippen LogP contribution in [0.1, 0.15) is 25.3 Å². The number of carboxylic acid groups (broad SMARTS) is 1. The number of aliphatic carboxylic acids is 1. The van der Waals surface area contributed by atoms with Crippen LogP contribution in [-0.4, -0.2) is 13.1 Å². The summed E-state index contributed by atoms with van der Waals surface area (Å²) in [6, 6.07) is 9.88. The van der Waals surface area contributed by atoms with Gasteiger partial charge < -0.3 is 14.6 Å². The largest absolute Gasteiger partial charge is 0.550 e. The third kappa shape index (κ3) is 1.03. The van der Waals surface area contributed by atoms with Crippen LogP contribution in [0.15, 0.2) is 30.3 Å². The second-order valence-electron chi connectivity index (χ2n) is 5.45. The number of carbonyl (C=O) groups excluding carboxylic acids is 1. The molecule has 0 saturated heterocycles. The first-order valence-electron chi connectivity index (χ1n) is 5.85. The van der Waals surface area contributed by atoms with E-state index in [4.69, 9.17) is 4.74 Å². The maximum atomic E-state index is 11.2. The van der Waals surface area contributed by atoms with Crippen LogP contribution in [0.3, 0.4) is 0 Å². The number of rotatable bonds is 3. The summed E-state index contributed by atoms with van der Waals surface area (Å²) in [5.41, 5.74) is -0.302. The van der Waals surface area contributed by atoms with Gasteiger partial charge in [0.15, 0.2) is 0 Å². The molecule has 0 aliphatic heterocycles. The number of hydrogen-bond acceptors (Lipinski definition) is 3. The van der Waals surface area contributed by atoms with E-state index >= 15 is 0 Å². The van der Waals surface area contributed by atoms with E-state index in [1.807, 2.05) is 30.3 Å². The summed E-state index contributed by atoms with van der Waals surface area (Å²) in [5, 5.41) is 11.2. The van der Waals surface area contributed by atoms with Crippen LogP contribution in [0.5, 0.6) is 0 Å². The molecule has 3 rings (SSSR count). The van der Waals surface area contributed by atoms with Crippen molar-refractivity contribution in [3.8, 4) is 0 Å². The summed E-state index contributed by atoms with van der Waals surface area (Å²) >= 11 is 0. The Morgan fingerprint density at radius 3 is 2.41 bits per heavy atom.